The normalized spacial score (nSPS) is 15.0. The first-order chi connectivity index (χ1) is 27.3. The van der Waals surface area contributed by atoms with Gasteiger partial charge in [0.25, 0.3) is 0 Å². The average molecular weight is 935 g/mol. The van der Waals surface area contributed by atoms with Crippen molar-refractivity contribution < 1.29 is 57.5 Å². The Bertz CT molecular complexity index is 2200. The van der Waals surface area contributed by atoms with Gasteiger partial charge in [-0.05, 0) is 22.3 Å². The maximum absolute atomic E-state index is 13.6. The fourth-order valence-corrected chi connectivity index (χ4v) is 9.36. The molecule has 5 aromatic rings. The molecule has 2 aliphatic rings. The van der Waals surface area contributed by atoms with Crippen molar-refractivity contribution in [2.24, 2.45) is 10.9 Å². The number of halogens is 1. The monoisotopic (exact) mass is 934 g/mol. The van der Waals surface area contributed by atoms with Crippen molar-refractivity contribution in [3.05, 3.63) is 155 Å². The number of amides is 4. The van der Waals surface area contributed by atoms with Crippen LogP contribution in [0.2, 0.25) is 0 Å². The number of hydroxylamine groups is 1. The molecule has 4 amide bonds. The molecule has 0 bridgehead atoms. The van der Waals surface area contributed by atoms with Gasteiger partial charge in [-0.1, -0.05) is 101 Å². The zero-order valence-corrected chi connectivity index (χ0v) is 34.8. The minimum absolute atomic E-state index is 0. The summed E-state index contributed by atoms with van der Waals surface area (Å²) in [6.45, 7) is 0. The number of carbonyl (C=O) groups excluding carboxylic acids is 4. The highest BCUT2D eigenvalue weighted by Gasteiger charge is 2.46. The third kappa shape index (κ3) is 9.08. The van der Waals surface area contributed by atoms with Gasteiger partial charge in [-0.25, -0.2) is 14.6 Å². The molecule has 57 heavy (non-hydrogen) atoms. The molecule has 292 valence electrons. The first-order valence-corrected chi connectivity index (χ1v) is 20.1. The number of primary amides is 1. The van der Waals surface area contributed by atoms with Gasteiger partial charge < -0.3 is 44.7 Å². The van der Waals surface area contributed by atoms with Crippen LogP contribution in [-0.4, -0.2) is 63.4 Å². The van der Waals surface area contributed by atoms with Crippen LogP contribution in [0, 0.1) is 0 Å². The summed E-state index contributed by atoms with van der Waals surface area (Å²) in [6.07, 6.45) is 3.55. The highest BCUT2D eigenvalue weighted by atomic mass is 127. The lowest BCUT2D eigenvalue weighted by atomic mass is 9.77. The molecule has 14 nitrogen and oxygen atoms in total. The van der Waals surface area contributed by atoms with E-state index in [1.807, 2.05) is 91.0 Å². The van der Waals surface area contributed by atoms with Crippen molar-refractivity contribution in [1.82, 2.24) is 15.4 Å². The van der Waals surface area contributed by atoms with Crippen LogP contribution < -0.4 is 50.6 Å². The van der Waals surface area contributed by atoms with Crippen LogP contribution in [0.5, 0.6) is 0 Å². The van der Waals surface area contributed by atoms with Crippen LogP contribution in [0.15, 0.2) is 142 Å². The standard InChI is InChI=1S/C39H34N8O6S3.HI/c1-52-44-33(30-24-56-38(41-30)42-39(26-11-5-2-6-12-26,27-13-7-3-8-14-27)28-15-9-4-10-16-28)35(49)45-53-36(50)34-25(23-55-32-21-31(48)47(32)34)22-54-29-17-19-46(20-18-29)43-37(40)51;/h2-20,24,32H,21-23H2,1H3,(H4-,40,41,42,43,45,49,51);1H/b44-33-;/t32-;/m0./s1. The van der Waals surface area contributed by atoms with Crippen LogP contribution in [0.4, 0.5) is 9.93 Å². The molecule has 1 atom stereocenters. The van der Waals surface area contributed by atoms with Crippen LogP contribution in [-0.2, 0) is 29.6 Å². The summed E-state index contributed by atoms with van der Waals surface area (Å²) in [4.78, 5) is 68.5. The number of urea groups is 1. The van der Waals surface area contributed by atoms with Crippen LogP contribution in [0.25, 0.3) is 0 Å². The molecule has 1 saturated heterocycles. The topological polar surface area (TPSA) is 181 Å². The molecule has 1 fully saturated rings. The summed E-state index contributed by atoms with van der Waals surface area (Å²) in [5, 5.41) is 9.54. The molecule has 4 heterocycles. The number of β-lactam (4-membered cyclic amide) rings is 1. The highest BCUT2D eigenvalue weighted by Crippen LogP contribution is 2.42. The number of thioether (sulfide) groups is 2. The molecule has 7 rings (SSSR count). The lowest BCUT2D eigenvalue weighted by Gasteiger charge is -2.44. The molecule has 0 saturated carbocycles. The molecule has 18 heteroatoms. The number of hydrogen-bond donors (Lipinski definition) is 4. The second-order valence-electron chi connectivity index (χ2n) is 12.3. The zero-order chi connectivity index (χ0) is 39.1. The maximum atomic E-state index is 13.6. The second-order valence-corrected chi connectivity index (χ2v) is 15.4. The number of nitrogens with one attached hydrogen (secondary N) is 3. The Kier molecular flexibility index (Phi) is 13.5. The number of rotatable bonds is 13. The van der Waals surface area contributed by atoms with E-state index in [-0.39, 0.29) is 52.4 Å². The number of fused-ring (bicyclic) bond motifs is 1. The summed E-state index contributed by atoms with van der Waals surface area (Å²) in [5.41, 5.74) is 12.5. The molecule has 0 spiro atoms. The smallest absolute Gasteiger partial charge is 0.379 e. The first kappa shape index (κ1) is 41.2. The van der Waals surface area contributed by atoms with E-state index in [2.05, 4.69) is 21.4 Å². The van der Waals surface area contributed by atoms with Crippen molar-refractivity contribution in [2.75, 3.05) is 29.4 Å². The SMILES string of the molecule is CO/N=C(\C(=O)NOC(=O)C1=C(CSc2cc[n+](NC(N)=O)cc2)CS[C@H]2CC(=O)N12)c1csc(NC(c2ccccc2)(c2ccccc2)c2ccccc2)n1.[I-]. The van der Waals surface area contributed by atoms with Crippen molar-refractivity contribution in [1.29, 1.82) is 0 Å². The number of aromatic nitrogens is 2. The number of anilines is 1. The van der Waals surface area contributed by atoms with E-state index >= 15 is 0 Å². The highest BCUT2D eigenvalue weighted by molar-refractivity contribution is 8.01. The predicted molar refractivity (Wildman–Crippen MR) is 214 cm³/mol. The molecule has 0 unspecified atom stereocenters. The molecule has 0 aliphatic carbocycles. The number of nitrogens with zero attached hydrogens (tertiary/aromatic N) is 4. The van der Waals surface area contributed by atoms with Crippen LogP contribution in [0.3, 0.4) is 0 Å². The number of hydrogen-bond acceptors (Lipinski definition) is 12. The number of carbonyl (C=O) groups is 4. The van der Waals surface area contributed by atoms with Gasteiger partial charge in [0, 0.05) is 33.9 Å². The number of thiazole rings is 1. The Morgan fingerprint density at radius 2 is 1.56 bits per heavy atom. The van der Waals surface area contributed by atoms with E-state index in [1.54, 1.807) is 41.7 Å². The minimum Gasteiger partial charge on any atom is -1.00 e. The van der Waals surface area contributed by atoms with E-state index in [4.69, 9.17) is 20.4 Å². The fraction of sp³-hybridized carbons (Fsp3) is 0.154. The van der Waals surface area contributed by atoms with Gasteiger partial charge in [0.2, 0.25) is 18.3 Å². The Morgan fingerprint density at radius 1 is 0.965 bits per heavy atom. The molecular weight excluding hydrogens is 900 g/mol. The lowest BCUT2D eigenvalue weighted by Crippen LogP contribution is -3.00. The van der Waals surface area contributed by atoms with Gasteiger partial charge in [0.15, 0.2) is 10.8 Å². The van der Waals surface area contributed by atoms with Crippen molar-refractivity contribution in [2.45, 2.75) is 22.2 Å². The quantitative estimate of drug-likeness (QED) is 0.0259. The lowest BCUT2D eigenvalue weighted by molar-refractivity contribution is -0.641. The van der Waals surface area contributed by atoms with E-state index in [9.17, 15) is 19.2 Å². The van der Waals surface area contributed by atoms with Gasteiger partial charge >= 0.3 is 17.9 Å². The van der Waals surface area contributed by atoms with E-state index in [1.165, 1.54) is 39.8 Å². The van der Waals surface area contributed by atoms with Gasteiger partial charge in [-0.3, -0.25) is 14.5 Å². The maximum Gasteiger partial charge on any atom is 0.379 e. The third-order valence-corrected chi connectivity index (χ3v) is 12.0. The Balaban J connectivity index is 0.00000549. The number of oxime groups is 1. The van der Waals surface area contributed by atoms with Gasteiger partial charge in [0.05, 0.1) is 11.8 Å². The van der Waals surface area contributed by atoms with Gasteiger partial charge in [-0.15, -0.1) is 40.3 Å². The van der Waals surface area contributed by atoms with Gasteiger partial charge in [-0.2, -0.15) is 5.48 Å². The summed E-state index contributed by atoms with van der Waals surface area (Å²) < 4.78 is 1.41. The van der Waals surface area contributed by atoms with Crippen LogP contribution in [0.1, 0.15) is 28.8 Å². The van der Waals surface area contributed by atoms with Gasteiger partial charge in [0.1, 0.15) is 24.0 Å². The van der Waals surface area contributed by atoms with E-state index in [0.29, 0.717) is 28.6 Å². The Morgan fingerprint density at radius 3 is 2.11 bits per heavy atom. The summed E-state index contributed by atoms with van der Waals surface area (Å²) >= 11 is 4.25. The van der Waals surface area contributed by atoms with Crippen molar-refractivity contribution in [3.8, 4) is 0 Å². The molecule has 5 N–H and O–H groups in total. The van der Waals surface area contributed by atoms with E-state index in [0.717, 1.165) is 21.6 Å². The Hall–Kier alpha value is -5.44. The second kappa shape index (κ2) is 18.7. The molecule has 2 aromatic heterocycles. The molecule has 0 radical (unpaired) electrons. The molecule has 2 aliphatic heterocycles. The Labute approximate surface area is 357 Å². The minimum atomic E-state index is -0.889. The van der Waals surface area contributed by atoms with E-state index < -0.39 is 23.4 Å². The molecular formula is C39H35IN8O6S3. The number of nitrogens with two attached hydrogens (primary N) is 1. The molecule has 3 aromatic carbocycles. The average Bonchev–Trinajstić information content (AvgIpc) is 3.69. The summed E-state index contributed by atoms with van der Waals surface area (Å²) in [7, 11) is 1.29. The largest absolute Gasteiger partial charge is 1.00 e. The van der Waals surface area contributed by atoms with Crippen molar-refractivity contribution in [3.63, 3.8) is 0 Å². The predicted octanol–water partition coefficient (Wildman–Crippen LogP) is 1.74. The first-order valence-electron chi connectivity index (χ1n) is 17.2. The number of benzene rings is 3. The number of pyridine rings is 1. The zero-order valence-electron chi connectivity index (χ0n) is 30.2. The van der Waals surface area contributed by atoms with Crippen molar-refractivity contribution >= 4 is 69.5 Å². The van der Waals surface area contributed by atoms with Crippen LogP contribution >= 0.6 is 34.9 Å². The summed E-state index contributed by atoms with van der Waals surface area (Å²) in [6, 6.07) is 32.9. The fourth-order valence-electron chi connectivity index (χ4n) is 6.33. The summed E-state index contributed by atoms with van der Waals surface area (Å²) in [5.74, 6) is -1.15. The third-order valence-electron chi connectivity index (χ3n) is 8.87.